The molecule has 25 heavy (non-hydrogen) atoms. The van der Waals surface area contributed by atoms with Gasteiger partial charge < -0.3 is 10.6 Å². The Balaban J connectivity index is 0.00000156. The van der Waals surface area contributed by atoms with Crippen LogP contribution in [0.15, 0.2) is 18.6 Å². The maximum absolute atomic E-state index is 12.5. The van der Waals surface area contributed by atoms with Crippen LogP contribution >= 0.6 is 36.2 Å². The average molecular weight is 406 g/mol. The lowest BCUT2D eigenvalue weighted by Gasteiger charge is -2.16. The number of hydrogen-bond acceptors (Lipinski definition) is 5. The summed E-state index contributed by atoms with van der Waals surface area (Å²) in [5, 5.41) is 11.7. The lowest BCUT2D eigenvalue weighted by molar-refractivity contribution is -0.124. The van der Waals surface area contributed by atoms with E-state index in [0.29, 0.717) is 6.54 Å². The third kappa shape index (κ3) is 5.41. The monoisotopic (exact) mass is 405 g/mol. The molecule has 0 aliphatic carbocycles. The highest BCUT2D eigenvalue weighted by Crippen LogP contribution is 2.27. The first-order valence-corrected chi connectivity index (χ1v) is 8.89. The van der Waals surface area contributed by atoms with Crippen molar-refractivity contribution in [2.45, 2.75) is 25.7 Å². The van der Waals surface area contributed by atoms with E-state index in [4.69, 9.17) is 0 Å². The summed E-state index contributed by atoms with van der Waals surface area (Å²) in [6.45, 7) is 4.33. The van der Waals surface area contributed by atoms with Gasteiger partial charge in [0.15, 0.2) is 0 Å². The van der Waals surface area contributed by atoms with Gasteiger partial charge in [-0.2, -0.15) is 5.10 Å². The summed E-state index contributed by atoms with van der Waals surface area (Å²) in [6, 6.07) is 0. The molecule has 140 valence electrons. The molecular formula is C16H25Cl2N5OS. The quantitative estimate of drug-likeness (QED) is 0.769. The van der Waals surface area contributed by atoms with E-state index in [9.17, 15) is 4.79 Å². The molecule has 2 aromatic heterocycles. The zero-order chi connectivity index (χ0) is 16.2. The maximum atomic E-state index is 12.5. The second-order valence-electron chi connectivity index (χ2n) is 5.93. The number of nitrogens with one attached hydrogen (secondary N) is 2. The van der Waals surface area contributed by atoms with Gasteiger partial charge in [-0.05, 0) is 12.0 Å². The highest BCUT2D eigenvalue weighted by atomic mass is 35.5. The molecule has 2 N–H and O–H groups in total. The minimum Gasteiger partial charge on any atom is -0.355 e. The molecule has 2 atom stereocenters. The van der Waals surface area contributed by atoms with Crippen molar-refractivity contribution in [1.82, 2.24) is 25.4 Å². The molecule has 1 fully saturated rings. The largest absolute Gasteiger partial charge is 0.355 e. The smallest absolute Gasteiger partial charge is 0.225 e. The van der Waals surface area contributed by atoms with Crippen LogP contribution in [0, 0.1) is 5.92 Å². The Bertz CT molecular complexity index is 675. The molecule has 1 saturated heterocycles. The van der Waals surface area contributed by atoms with Gasteiger partial charge in [0.05, 0.1) is 17.1 Å². The first-order chi connectivity index (χ1) is 11.2. The van der Waals surface area contributed by atoms with Gasteiger partial charge in [0.1, 0.15) is 0 Å². The van der Waals surface area contributed by atoms with Crippen LogP contribution in [0.5, 0.6) is 0 Å². The van der Waals surface area contributed by atoms with Crippen LogP contribution in [-0.2, 0) is 24.7 Å². The van der Waals surface area contributed by atoms with Gasteiger partial charge in [0.25, 0.3) is 0 Å². The molecule has 0 saturated carbocycles. The standard InChI is InChI=1S/C16H23N5OS.2ClH/c1-3-12-7-19-15(23-12)4-5-18-16(22)14-9-17-8-13(14)11-6-20-21(2)10-11;;/h6-7,10,13-14,17H,3-5,8-9H2,1-2H3,(H,18,22);2*1H/t13-,14+;;/m1../s1. The Kier molecular flexibility index (Phi) is 8.85. The first kappa shape index (κ1) is 21.9. The second-order valence-corrected chi connectivity index (χ2v) is 7.13. The summed E-state index contributed by atoms with van der Waals surface area (Å²) in [6.07, 6.45) is 7.61. The molecular weight excluding hydrogens is 381 g/mol. The predicted molar refractivity (Wildman–Crippen MR) is 105 cm³/mol. The number of amides is 1. The van der Waals surface area contributed by atoms with E-state index in [2.05, 4.69) is 27.6 Å². The summed E-state index contributed by atoms with van der Waals surface area (Å²) in [5.41, 5.74) is 1.13. The second kappa shape index (κ2) is 10.1. The summed E-state index contributed by atoms with van der Waals surface area (Å²) in [7, 11) is 1.90. The molecule has 3 heterocycles. The van der Waals surface area contributed by atoms with Crippen LogP contribution in [-0.4, -0.2) is 40.3 Å². The van der Waals surface area contributed by atoms with Crippen LogP contribution in [0.3, 0.4) is 0 Å². The van der Waals surface area contributed by atoms with Gasteiger partial charge in [-0.1, -0.05) is 6.92 Å². The Labute approximate surface area is 164 Å². The molecule has 1 aliphatic rings. The molecule has 0 spiro atoms. The van der Waals surface area contributed by atoms with Crippen LogP contribution in [0.1, 0.15) is 28.3 Å². The lowest BCUT2D eigenvalue weighted by atomic mass is 9.90. The molecule has 9 heteroatoms. The number of halogens is 2. The average Bonchev–Trinajstić information content (AvgIpc) is 3.26. The molecule has 3 rings (SSSR count). The lowest BCUT2D eigenvalue weighted by Crippen LogP contribution is -2.35. The van der Waals surface area contributed by atoms with Crippen molar-refractivity contribution in [3.63, 3.8) is 0 Å². The Hall–Kier alpha value is -1.15. The van der Waals surface area contributed by atoms with Gasteiger partial charge in [-0.15, -0.1) is 36.2 Å². The van der Waals surface area contributed by atoms with Gasteiger partial charge in [0, 0.05) is 56.3 Å². The van der Waals surface area contributed by atoms with Crippen molar-refractivity contribution >= 4 is 42.1 Å². The zero-order valence-electron chi connectivity index (χ0n) is 14.4. The Morgan fingerprint density at radius 2 is 2.20 bits per heavy atom. The maximum Gasteiger partial charge on any atom is 0.225 e. The van der Waals surface area contributed by atoms with Crippen LogP contribution in [0.2, 0.25) is 0 Å². The number of carbonyl (C=O) groups is 1. The summed E-state index contributed by atoms with van der Waals surface area (Å²) in [4.78, 5) is 18.2. The zero-order valence-corrected chi connectivity index (χ0v) is 16.8. The minimum absolute atomic E-state index is 0. The summed E-state index contributed by atoms with van der Waals surface area (Å²) in [5.74, 6) is 0.299. The molecule has 0 unspecified atom stereocenters. The van der Waals surface area contributed by atoms with E-state index in [1.165, 1.54) is 4.88 Å². The number of hydrogen-bond donors (Lipinski definition) is 2. The van der Waals surface area contributed by atoms with Gasteiger partial charge in [0.2, 0.25) is 5.91 Å². The predicted octanol–water partition coefficient (Wildman–Crippen LogP) is 1.94. The number of carbonyl (C=O) groups excluding carboxylic acids is 1. The van der Waals surface area contributed by atoms with Gasteiger partial charge in [-0.25, -0.2) is 4.98 Å². The molecule has 1 aliphatic heterocycles. The van der Waals surface area contributed by atoms with Gasteiger partial charge in [-0.3, -0.25) is 9.48 Å². The third-order valence-electron chi connectivity index (χ3n) is 4.29. The number of aryl methyl sites for hydroxylation is 2. The van der Waals surface area contributed by atoms with Crippen molar-refractivity contribution in [2.24, 2.45) is 13.0 Å². The fraction of sp³-hybridized carbons (Fsp3) is 0.562. The van der Waals surface area contributed by atoms with Crippen LogP contribution in [0.4, 0.5) is 0 Å². The number of thiazole rings is 1. The molecule has 0 aromatic carbocycles. The Morgan fingerprint density at radius 1 is 1.40 bits per heavy atom. The highest BCUT2D eigenvalue weighted by molar-refractivity contribution is 7.11. The van der Waals surface area contributed by atoms with E-state index in [1.807, 2.05) is 25.6 Å². The van der Waals surface area contributed by atoms with Crippen molar-refractivity contribution < 1.29 is 4.79 Å². The van der Waals surface area contributed by atoms with E-state index in [0.717, 1.165) is 36.5 Å². The van der Waals surface area contributed by atoms with Crippen molar-refractivity contribution in [1.29, 1.82) is 0 Å². The first-order valence-electron chi connectivity index (χ1n) is 8.08. The Morgan fingerprint density at radius 3 is 2.84 bits per heavy atom. The van der Waals surface area contributed by atoms with Gasteiger partial charge >= 0.3 is 0 Å². The van der Waals surface area contributed by atoms with Crippen molar-refractivity contribution in [3.05, 3.63) is 34.0 Å². The highest BCUT2D eigenvalue weighted by Gasteiger charge is 2.34. The topological polar surface area (TPSA) is 71.8 Å². The van der Waals surface area contributed by atoms with Crippen LogP contribution in [0.25, 0.3) is 0 Å². The summed E-state index contributed by atoms with van der Waals surface area (Å²) < 4.78 is 1.79. The normalized spacial score (nSPS) is 19.1. The van der Waals surface area contributed by atoms with Crippen molar-refractivity contribution in [2.75, 3.05) is 19.6 Å². The van der Waals surface area contributed by atoms with E-state index >= 15 is 0 Å². The molecule has 6 nitrogen and oxygen atoms in total. The number of aromatic nitrogens is 3. The van der Waals surface area contributed by atoms with E-state index in [1.54, 1.807) is 16.0 Å². The molecule has 0 bridgehead atoms. The van der Waals surface area contributed by atoms with Crippen LogP contribution < -0.4 is 10.6 Å². The van der Waals surface area contributed by atoms with E-state index in [-0.39, 0.29) is 42.6 Å². The molecule has 0 radical (unpaired) electrons. The molecule has 2 aromatic rings. The third-order valence-corrected chi connectivity index (χ3v) is 5.49. The minimum atomic E-state index is -0.0262. The SMILES string of the molecule is CCc1cnc(CCNC(=O)[C@H]2CNC[C@@H]2c2cnn(C)c2)s1.Cl.Cl. The fourth-order valence-electron chi connectivity index (χ4n) is 2.99. The molecule has 1 amide bonds. The summed E-state index contributed by atoms with van der Waals surface area (Å²) >= 11 is 1.73. The van der Waals surface area contributed by atoms with Crippen molar-refractivity contribution in [3.8, 4) is 0 Å². The number of nitrogens with zero attached hydrogens (tertiary/aromatic N) is 3. The van der Waals surface area contributed by atoms with E-state index < -0.39 is 0 Å². The number of rotatable bonds is 6. The fourth-order valence-corrected chi connectivity index (χ4v) is 3.85.